The lowest BCUT2D eigenvalue weighted by molar-refractivity contribution is 0.0326. The van der Waals surface area contributed by atoms with Crippen molar-refractivity contribution < 1.29 is 9.47 Å². The first-order valence-electron chi connectivity index (χ1n) is 7.29. The normalized spacial score (nSPS) is 19.8. The molecule has 0 radical (unpaired) electrons. The van der Waals surface area contributed by atoms with Crippen molar-refractivity contribution in [1.82, 2.24) is 14.5 Å². The van der Waals surface area contributed by atoms with Gasteiger partial charge in [0.1, 0.15) is 0 Å². The van der Waals surface area contributed by atoms with Gasteiger partial charge in [-0.2, -0.15) is 0 Å². The fourth-order valence-corrected chi connectivity index (χ4v) is 2.54. The first-order valence-corrected chi connectivity index (χ1v) is 7.29. The molecule has 1 aromatic heterocycles. The van der Waals surface area contributed by atoms with Crippen LogP contribution in [-0.4, -0.2) is 67.1 Å². The first kappa shape index (κ1) is 15.3. The number of nitrogens with one attached hydrogen (secondary N) is 1. The Balaban J connectivity index is 1.92. The highest BCUT2D eigenvalue weighted by molar-refractivity contribution is 5.28. The summed E-state index contributed by atoms with van der Waals surface area (Å²) >= 11 is 0. The molecule has 1 aliphatic heterocycles. The molecule has 0 bridgehead atoms. The van der Waals surface area contributed by atoms with E-state index < -0.39 is 0 Å². The first-order chi connectivity index (χ1) is 9.70. The van der Waals surface area contributed by atoms with Crippen molar-refractivity contribution in [2.24, 2.45) is 0 Å². The molecule has 0 saturated carbocycles. The maximum absolute atomic E-state index is 5.39. The quantitative estimate of drug-likeness (QED) is 0.815. The lowest BCUT2D eigenvalue weighted by Gasteiger charge is -2.30. The molecule has 1 N–H and O–H groups in total. The number of methoxy groups -OCH3 is 1. The number of rotatable bonds is 7. The van der Waals surface area contributed by atoms with Crippen LogP contribution in [0.15, 0.2) is 12.4 Å². The molecule has 114 valence electrons. The highest BCUT2D eigenvalue weighted by atomic mass is 16.5. The number of aromatic nitrogens is 2. The number of hydrogen-bond acceptors (Lipinski definition) is 5. The van der Waals surface area contributed by atoms with E-state index in [0.717, 1.165) is 38.8 Å². The van der Waals surface area contributed by atoms with Crippen LogP contribution >= 0.6 is 0 Å². The lowest BCUT2D eigenvalue weighted by atomic mass is 10.3. The van der Waals surface area contributed by atoms with Crippen molar-refractivity contribution in [2.45, 2.75) is 25.9 Å². The largest absolute Gasteiger partial charge is 0.383 e. The monoisotopic (exact) mass is 282 g/mol. The van der Waals surface area contributed by atoms with Crippen molar-refractivity contribution in [3.63, 3.8) is 0 Å². The van der Waals surface area contributed by atoms with Crippen LogP contribution in [0.4, 0.5) is 5.95 Å². The van der Waals surface area contributed by atoms with E-state index >= 15 is 0 Å². The number of morpholine rings is 1. The van der Waals surface area contributed by atoms with Crippen LogP contribution in [-0.2, 0) is 9.47 Å². The molecule has 1 fully saturated rings. The van der Waals surface area contributed by atoms with Crippen LogP contribution in [0.3, 0.4) is 0 Å². The Labute approximate surface area is 121 Å². The van der Waals surface area contributed by atoms with Gasteiger partial charge in [0.2, 0.25) is 5.95 Å². The Morgan fingerprint density at radius 2 is 2.15 bits per heavy atom. The molecule has 2 heterocycles. The smallest absolute Gasteiger partial charge is 0.203 e. The van der Waals surface area contributed by atoms with E-state index in [0.29, 0.717) is 12.6 Å². The second-order valence-electron chi connectivity index (χ2n) is 5.42. The molecule has 2 unspecified atom stereocenters. The zero-order valence-corrected chi connectivity index (χ0v) is 12.7. The molecule has 6 heteroatoms. The van der Waals surface area contributed by atoms with Crippen molar-refractivity contribution in [1.29, 1.82) is 0 Å². The summed E-state index contributed by atoms with van der Waals surface area (Å²) in [6.07, 6.45) is 3.88. The summed E-state index contributed by atoms with van der Waals surface area (Å²) in [5.74, 6) is 0.912. The van der Waals surface area contributed by atoms with Crippen molar-refractivity contribution in [2.75, 3.05) is 51.9 Å². The predicted molar refractivity (Wildman–Crippen MR) is 79.2 cm³/mol. The third-order valence-electron chi connectivity index (χ3n) is 3.56. The molecular formula is C14H26N4O2. The number of nitrogens with zero attached hydrogens (tertiary/aromatic N) is 3. The van der Waals surface area contributed by atoms with Crippen LogP contribution in [0.5, 0.6) is 0 Å². The molecule has 2 rings (SSSR count). The van der Waals surface area contributed by atoms with E-state index in [1.165, 1.54) is 0 Å². The summed E-state index contributed by atoms with van der Waals surface area (Å²) in [6.45, 7) is 9.72. The predicted octanol–water partition coefficient (Wildman–Crippen LogP) is 1.22. The van der Waals surface area contributed by atoms with Gasteiger partial charge in [-0.15, -0.1) is 0 Å². The third kappa shape index (κ3) is 4.19. The topological polar surface area (TPSA) is 51.5 Å². The second kappa shape index (κ2) is 7.61. The van der Waals surface area contributed by atoms with Crippen LogP contribution in [0.2, 0.25) is 0 Å². The van der Waals surface area contributed by atoms with Crippen molar-refractivity contribution in [3.05, 3.63) is 12.4 Å². The molecule has 0 amide bonds. The lowest BCUT2D eigenvalue weighted by Crippen LogP contribution is -2.39. The number of hydrogen-bond donors (Lipinski definition) is 1. The molecule has 0 aromatic carbocycles. The molecule has 1 aromatic rings. The van der Waals surface area contributed by atoms with Gasteiger partial charge in [-0.25, -0.2) is 4.98 Å². The van der Waals surface area contributed by atoms with Crippen molar-refractivity contribution >= 4 is 5.95 Å². The average molecular weight is 282 g/mol. The zero-order chi connectivity index (χ0) is 14.4. The summed E-state index contributed by atoms with van der Waals surface area (Å²) in [5.41, 5.74) is 0. The SMILES string of the molecule is COCC(C)Nc1nccn1C(C)CN1CCOCC1. The minimum atomic E-state index is 0.247. The molecule has 0 aliphatic carbocycles. The van der Waals surface area contributed by atoms with E-state index in [2.05, 4.69) is 33.6 Å². The summed E-state index contributed by atoms with van der Waals surface area (Å²) in [7, 11) is 1.71. The molecule has 2 atom stereocenters. The van der Waals surface area contributed by atoms with Gasteiger partial charge in [0.15, 0.2) is 0 Å². The fraction of sp³-hybridized carbons (Fsp3) is 0.786. The van der Waals surface area contributed by atoms with Gasteiger partial charge >= 0.3 is 0 Å². The van der Waals surface area contributed by atoms with Gasteiger partial charge in [-0.3, -0.25) is 4.90 Å². The zero-order valence-electron chi connectivity index (χ0n) is 12.7. The van der Waals surface area contributed by atoms with E-state index in [4.69, 9.17) is 9.47 Å². The van der Waals surface area contributed by atoms with Gasteiger partial charge in [0.05, 0.1) is 19.8 Å². The summed E-state index contributed by atoms with van der Waals surface area (Å²) in [4.78, 5) is 6.85. The van der Waals surface area contributed by atoms with E-state index in [-0.39, 0.29) is 6.04 Å². The Morgan fingerprint density at radius 3 is 2.85 bits per heavy atom. The summed E-state index contributed by atoms with van der Waals surface area (Å²) in [5, 5.41) is 3.39. The Kier molecular flexibility index (Phi) is 5.82. The maximum atomic E-state index is 5.39. The van der Waals surface area contributed by atoms with Gasteiger partial charge in [-0.1, -0.05) is 0 Å². The number of imidazole rings is 1. The second-order valence-corrected chi connectivity index (χ2v) is 5.42. The van der Waals surface area contributed by atoms with E-state index in [1.807, 2.05) is 12.4 Å². The maximum Gasteiger partial charge on any atom is 0.203 e. The van der Waals surface area contributed by atoms with Gasteiger partial charge in [0.25, 0.3) is 0 Å². The van der Waals surface area contributed by atoms with Crippen LogP contribution in [0, 0.1) is 0 Å². The molecule has 1 aliphatic rings. The minimum absolute atomic E-state index is 0.247. The third-order valence-corrected chi connectivity index (χ3v) is 3.56. The highest BCUT2D eigenvalue weighted by Crippen LogP contribution is 2.16. The van der Waals surface area contributed by atoms with Crippen molar-refractivity contribution in [3.8, 4) is 0 Å². The Morgan fingerprint density at radius 1 is 1.40 bits per heavy atom. The van der Waals surface area contributed by atoms with Gasteiger partial charge < -0.3 is 19.4 Å². The van der Waals surface area contributed by atoms with Crippen LogP contribution in [0.25, 0.3) is 0 Å². The standard InChI is InChI=1S/C14H26N4O2/c1-12(11-19-3)16-14-15-4-5-18(14)13(2)10-17-6-8-20-9-7-17/h4-5,12-13H,6-11H2,1-3H3,(H,15,16). The summed E-state index contributed by atoms with van der Waals surface area (Å²) < 4.78 is 12.7. The highest BCUT2D eigenvalue weighted by Gasteiger charge is 2.17. The number of anilines is 1. The fourth-order valence-electron chi connectivity index (χ4n) is 2.54. The van der Waals surface area contributed by atoms with Crippen LogP contribution in [0.1, 0.15) is 19.9 Å². The summed E-state index contributed by atoms with van der Waals surface area (Å²) in [6, 6.07) is 0.629. The molecular weight excluding hydrogens is 256 g/mol. The van der Waals surface area contributed by atoms with Gasteiger partial charge in [0, 0.05) is 51.2 Å². The molecule has 0 spiro atoms. The average Bonchev–Trinajstić information content (AvgIpc) is 2.88. The Bertz CT molecular complexity index is 390. The molecule has 6 nitrogen and oxygen atoms in total. The molecule has 20 heavy (non-hydrogen) atoms. The van der Waals surface area contributed by atoms with Crippen LogP contribution < -0.4 is 5.32 Å². The Hall–Kier alpha value is -1.11. The number of ether oxygens (including phenoxy) is 2. The molecule has 1 saturated heterocycles. The van der Waals surface area contributed by atoms with E-state index in [1.54, 1.807) is 7.11 Å². The minimum Gasteiger partial charge on any atom is -0.383 e. The van der Waals surface area contributed by atoms with Gasteiger partial charge in [-0.05, 0) is 13.8 Å². The van der Waals surface area contributed by atoms with E-state index in [9.17, 15) is 0 Å².